The summed E-state index contributed by atoms with van der Waals surface area (Å²) in [7, 11) is 0. The van der Waals surface area contributed by atoms with Crippen molar-refractivity contribution in [1.29, 1.82) is 0 Å². The molecule has 4 heterocycles. The fourth-order valence-corrected chi connectivity index (χ4v) is 4.60. The van der Waals surface area contributed by atoms with Gasteiger partial charge in [0, 0.05) is 57.4 Å². The molecule has 5 N–H and O–H groups in total. The highest BCUT2D eigenvalue weighted by molar-refractivity contribution is 5.97. The number of morpholine rings is 1. The quantitative estimate of drug-likeness (QED) is 0.408. The number of hydrogen-bond donors (Lipinski definition) is 3. The molecule has 0 atom stereocenters. The van der Waals surface area contributed by atoms with Crippen molar-refractivity contribution in [3.05, 3.63) is 35.5 Å². The lowest BCUT2D eigenvalue weighted by Gasteiger charge is -2.27. The van der Waals surface area contributed by atoms with E-state index in [0.717, 1.165) is 45.4 Å². The third kappa shape index (κ3) is 12.1. The summed E-state index contributed by atoms with van der Waals surface area (Å²) in [5.41, 5.74) is 11.2. The number of nitrogens with two attached hydrogens (primary N) is 2. The molecule has 1 aromatic carbocycles. The molecule has 3 aliphatic heterocycles. The molecule has 3 saturated heterocycles. The van der Waals surface area contributed by atoms with Gasteiger partial charge in [0.1, 0.15) is 0 Å². The van der Waals surface area contributed by atoms with Crippen LogP contribution in [0.1, 0.15) is 80.1 Å². The topological polar surface area (TPSA) is 190 Å². The molecule has 0 radical (unpaired) electrons. The molecular weight excluding hydrogens is 566 g/mol. The summed E-state index contributed by atoms with van der Waals surface area (Å²) in [6.45, 7) is 11.3. The van der Waals surface area contributed by atoms with Crippen LogP contribution in [0, 0.1) is 0 Å². The monoisotopic (exact) mass is 613 g/mol. The molecule has 242 valence electrons. The van der Waals surface area contributed by atoms with Crippen molar-refractivity contribution in [2.24, 2.45) is 11.5 Å². The van der Waals surface area contributed by atoms with E-state index in [2.05, 4.69) is 31.1 Å². The van der Waals surface area contributed by atoms with Crippen LogP contribution in [0.4, 0.5) is 17.5 Å². The molecule has 3 fully saturated rings. The maximum atomic E-state index is 12.6. The zero-order valence-corrected chi connectivity index (χ0v) is 26.2. The number of nitrogens with one attached hydrogen (secondary N) is 1. The number of carbonyl (C=O) groups is 4. The molecular formula is C30H47N9O5. The predicted molar refractivity (Wildman–Crippen MR) is 169 cm³/mol. The average molecular weight is 614 g/mol. The summed E-state index contributed by atoms with van der Waals surface area (Å²) < 4.78 is 5.29. The van der Waals surface area contributed by atoms with Crippen LogP contribution in [0.25, 0.3) is 0 Å². The SMILES string of the molecule is CC.CC(N)=O.NC(=O)c1nnc(N2CCCCC2)nc1Nc1ccc(C(=O)N2CCOCC2)cc1.O=CN1CCCCC1. The van der Waals surface area contributed by atoms with Gasteiger partial charge in [-0.1, -0.05) is 13.8 Å². The molecule has 14 heteroatoms. The first-order valence-electron chi connectivity index (χ1n) is 15.3. The van der Waals surface area contributed by atoms with Crippen LogP contribution in [0.5, 0.6) is 0 Å². The number of anilines is 3. The second-order valence-electron chi connectivity index (χ2n) is 10.1. The maximum Gasteiger partial charge on any atom is 0.273 e. The predicted octanol–water partition coefficient (Wildman–Crippen LogP) is 2.32. The van der Waals surface area contributed by atoms with Crippen molar-refractivity contribution in [3.8, 4) is 0 Å². The minimum Gasteiger partial charge on any atom is -0.378 e. The van der Waals surface area contributed by atoms with Gasteiger partial charge in [-0.2, -0.15) is 4.98 Å². The van der Waals surface area contributed by atoms with Crippen molar-refractivity contribution in [2.45, 2.75) is 59.3 Å². The molecule has 4 amide bonds. The maximum absolute atomic E-state index is 12.6. The molecule has 5 rings (SSSR count). The van der Waals surface area contributed by atoms with E-state index in [1.165, 1.54) is 32.6 Å². The molecule has 1 aromatic heterocycles. The van der Waals surface area contributed by atoms with Crippen LogP contribution in [-0.4, -0.2) is 102 Å². The second kappa shape index (κ2) is 19.8. The van der Waals surface area contributed by atoms with E-state index >= 15 is 0 Å². The number of nitrogens with zero attached hydrogens (tertiary/aromatic N) is 6. The Labute approximate surface area is 259 Å². The number of primary amides is 2. The van der Waals surface area contributed by atoms with Gasteiger partial charge in [-0.25, -0.2) is 0 Å². The summed E-state index contributed by atoms with van der Waals surface area (Å²) in [5, 5.41) is 11.2. The number of amides is 4. The minimum atomic E-state index is -0.707. The third-order valence-electron chi connectivity index (χ3n) is 6.78. The Hall–Kier alpha value is -4.33. The first-order chi connectivity index (χ1) is 21.3. The van der Waals surface area contributed by atoms with Gasteiger partial charge < -0.3 is 36.2 Å². The fraction of sp³-hybridized carbons (Fsp3) is 0.567. The second-order valence-corrected chi connectivity index (χ2v) is 10.1. The van der Waals surface area contributed by atoms with Gasteiger partial charge >= 0.3 is 0 Å². The normalized spacial score (nSPS) is 16.0. The Bertz CT molecular complexity index is 1170. The summed E-state index contributed by atoms with van der Waals surface area (Å²) >= 11 is 0. The van der Waals surface area contributed by atoms with Gasteiger partial charge in [-0.3, -0.25) is 19.2 Å². The lowest BCUT2D eigenvalue weighted by atomic mass is 10.1. The molecule has 0 bridgehead atoms. The van der Waals surface area contributed by atoms with Crippen LogP contribution < -0.4 is 21.7 Å². The van der Waals surface area contributed by atoms with Crippen molar-refractivity contribution >= 4 is 41.6 Å². The van der Waals surface area contributed by atoms with Crippen molar-refractivity contribution in [2.75, 3.05) is 62.7 Å². The molecule has 0 spiro atoms. The molecule has 0 aliphatic carbocycles. The standard InChI is InChI=1S/C20H25N7O3.C6H11NO.C2H5NO.C2H6/c21-17(28)16-18(23-20(25-24-16)27-8-2-1-3-9-27)22-15-6-4-14(5-7-15)19(29)26-10-12-30-13-11-26;8-6-7-4-2-1-3-5-7;1-2(3)4;1-2/h4-7H,1-3,8-13H2,(H2,21,28)(H,22,23,25);6H,1-5H2;1H3,(H2,3,4);1-2H3. The molecule has 14 nitrogen and oxygen atoms in total. The lowest BCUT2D eigenvalue weighted by Crippen LogP contribution is -2.40. The first-order valence-corrected chi connectivity index (χ1v) is 15.3. The Kier molecular flexibility index (Phi) is 16.1. The molecule has 0 unspecified atom stereocenters. The number of likely N-dealkylation sites (tertiary alicyclic amines) is 1. The number of carbonyl (C=O) groups excluding carboxylic acids is 4. The first kappa shape index (κ1) is 35.9. The Morgan fingerprint density at radius 2 is 1.39 bits per heavy atom. The van der Waals surface area contributed by atoms with E-state index in [1.54, 1.807) is 29.2 Å². The smallest absolute Gasteiger partial charge is 0.273 e. The zero-order chi connectivity index (χ0) is 32.3. The molecule has 44 heavy (non-hydrogen) atoms. The number of aromatic nitrogens is 3. The fourth-order valence-electron chi connectivity index (χ4n) is 4.60. The minimum absolute atomic E-state index is 0.0239. The van der Waals surface area contributed by atoms with Crippen molar-refractivity contribution in [1.82, 2.24) is 25.0 Å². The summed E-state index contributed by atoms with van der Waals surface area (Å²) in [6.07, 6.45) is 7.95. The largest absolute Gasteiger partial charge is 0.378 e. The number of ether oxygens (including phenoxy) is 1. The molecule has 2 aromatic rings. The van der Waals surface area contributed by atoms with Gasteiger partial charge in [0.15, 0.2) is 11.5 Å². The Morgan fingerprint density at radius 1 is 0.841 bits per heavy atom. The van der Waals surface area contributed by atoms with Crippen molar-refractivity contribution < 1.29 is 23.9 Å². The lowest BCUT2D eigenvalue weighted by molar-refractivity contribution is -0.119. The van der Waals surface area contributed by atoms with Gasteiger partial charge in [0.25, 0.3) is 11.8 Å². The van der Waals surface area contributed by atoms with E-state index in [0.29, 0.717) is 43.5 Å². The number of benzene rings is 1. The van der Waals surface area contributed by atoms with E-state index < -0.39 is 5.91 Å². The van der Waals surface area contributed by atoms with E-state index in [1.807, 2.05) is 18.7 Å². The van der Waals surface area contributed by atoms with Crippen LogP contribution in [0.3, 0.4) is 0 Å². The highest BCUT2D eigenvalue weighted by Crippen LogP contribution is 2.22. The van der Waals surface area contributed by atoms with E-state index in [4.69, 9.17) is 10.5 Å². The third-order valence-corrected chi connectivity index (χ3v) is 6.78. The Morgan fingerprint density at radius 3 is 1.89 bits per heavy atom. The average Bonchev–Trinajstić information content (AvgIpc) is 3.07. The van der Waals surface area contributed by atoms with E-state index in [9.17, 15) is 19.2 Å². The number of piperidine rings is 2. The Balaban J connectivity index is 0.000000402. The van der Waals surface area contributed by atoms with Crippen LogP contribution in [-0.2, 0) is 14.3 Å². The highest BCUT2D eigenvalue weighted by atomic mass is 16.5. The van der Waals surface area contributed by atoms with Crippen LogP contribution >= 0.6 is 0 Å². The van der Waals surface area contributed by atoms with Gasteiger partial charge in [-0.15, -0.1) is 10.2 Å². The van der Waals surface area contributed by atoms with Gasteiger partial charge in [0.05, 0.1) is 13.2 Å². The van der Waals surface area contributed by atoms with Crippen LogP contribution in [0.2, 0.25) is 0 Å². The number of hydrogen-bond acceptors (Lipinski definition) is 10. The molecule has 3 aliphatic rings. The van der Waals surface area contributed by atoms with Crippen LogP contribution in [0.15, 0.2) is 24.3 Å². The summed E-state index contributed by atoms with van der Waals surface area (Å²) in [5.74, 6) is -0.341. The molecule has 0 saturated carbocycles. The zero-order valence-electron chi connectivity index (χ0n) is 26.2. The summed E-state index contributed by atoms with van der Waals surface area (Å²) in [6, 6.07) is 7.01. The van der Waals surface area contributed by atoms with Gasteiger partial charge in [-0.05, 0) is 62.8 Å². The van der Waals surface area contributed by atoms with Crippen molar-refractivity contribution in [3.63, 3.8) is 0 Å². The van der Waals surface area contributed by atoms with Gasteiger partial charge in [0.2, 0.25) is 18.3 Å². The highest BCUT2D eigenvalue weighted by Gasteiger charge is 2.21. The van der Waals surface area contributed by atoms with E-state index in [-0.39, 0.29) is 23.3 Å². The summed E-state index contributed by atoms with van der Waals surface area (Å²) in [4.78, 5) is 53.8. The number of rotatable bonds is 6.